The molecular formula is C18H24ClN3O2. The van der Waals surface area contributed by atoms with E-state index in [1.54, 1.807) is 12.3 Å². The molecule has 0 bridgehead atoms. The minimum absolute atomic E-state index is 0.0146. The van der Waals surface area contributed by atoms with Gasteiger partial charge in [-0.2, -0.15) is 0 Å². The molecule has 1 heterocycles. The van der Waals surface area contributed by atoms with Gasteiger partial charge in [0.25, 0.3) is 0 Å². The van der Waals surface area contributed by atoms with Crippen molar-refractivity contribution in [1.29, 1.82) is 0 Å². The quantitative estimate of drug-likeness (QED) is 0.765. The highest BCUT2D eigenvalue weighted by atomic mass is 35.5. The lowest BCUT2D eigenvalue weighted by Crippen LogP contribution is -2.41. The van der Waals surface area contributed by atoms with Gasteiger partial charge in [-0.15, -0.1) is 0 Å². The van der Waals surface area contributed by atoms with E-state index in [0.717, 1.165) is 12.0 Å². The first-order valence-corrected chi connectivity index (χ1v) is 8.56. The topological polar surface area (TPSA) is 81.1 Å². The van der Waals surface area contributed by atoms with Crippen LogP contribution in [0.5, 0.6) is 0 Å². The fourth-order valence-electron chi connectivity index (χ4n) is 2.51. The smallest absolute Gasteiger partial charge is 0.220 e. The molecule has 0 fully saturated rings. The Kier molecular flexibility index (Phi) is 6.82. The highest BCUT2D eigenvalue weighted by Gasteiger charge is 2.14. The molecule has 5 nitrogen and oxygen atoms in total. The average Bonchev–Trinajstić information content (AvgIpc) is 3.01. The Morgan fingerprint density at radius 2 is 2.12 bits per heavy atom. The number of oxazole rings is 1. The summed E-state index contributed by atoms with van der Waals surface area (Å²) in [6.07, 6.45) is 3.26. The van der Waals surface area contributed by atoms with Crippen molar-refractivity contribution < 1.29 is 9.21 Å². The molecule has 2 aromatic rings. The zero-order chi connectivity index (χ0) is 17.5. The summed E-state index contributed by atoms with van der Waals surface area (Å²) in [5.74, 6) is 1.58. The summed E-state index contributed by atoms with van der Waals surface area (Å²) >= 11 is 6.15. The van der Waals surface area contributed by atoms with Gasteiger partial charge in [0.1, 0.15) is 0 Å². The molecule has 0 spiro atoms. The Labute approximate surface area is 147 Å². The van der Waals surface area contributed by atoms with Crippen LogP contribution in [0.2, 0.25) is 5.02 Å². The molecular weight excluding hydrogens is 326 g/mol. The second-order valence-corrected chi connectivity index (χ2v) is 6.63. The van der Waals surface area contributed by atoms with Crippen molar-refractivity contribution >= 4 is 17.5 Å². The lowest BCUT2D eigenvalue weighted by molar-refractivity contribution is -0.121. The Balaban J connectivity index is 1.89. The van der Waals surface area contributed by atoms with E-state index in [4.69, 9.17) is 21.8 Å². The maximum atomic E-state index is 12.0. The number of hydrogen-bond acceptors (Lipinski definition) is 4. The van der Waals surface area contributed by atoms with Crippen molar-refractivity contribution in [1.82, 2.24) is 10.3 Å². The van der Waals surface area contributed by atoms with E-state index in [-0.39, 0.29) is 11.9 Å². The lowest BCUT2D eigenvalue weighted by Gasteiger charge is -2.18. The molecule has 1 atom stereocenters. The zero-order valence-corrected chi connectivity index (χ0v) is 14.8. The van der Waals surface area contributed by atoms with Crippen molar-refractivity contribution in [3.63, 3.8) is 0 Å². The number of aromatic nitrogens is 1. The van der Waals surface area contributed by atoms with Gasteiger partial charge >= 0.3 is 0 Å². The average molecular weight is 350 g/mol. The number of rotatable bonds is 8. The maximum absolute atomic E-state index is 12.0. The fraction of sp³-hybridized carbons (Fsp3) is 0.444. The number of carbonyl (C=O) groups is 1. The van der Waals surface area contributed by atoms with E-state index >= 15 is 0 Å². The summed E-state index contributed by atoms with van der Waals surface area (Å²) in [6.45, 7) is 4.66. The molecule has 0 aliphatic rings. The number of carbonyl (C=O) groups excluding carboxylic acids is 1. The van der Waals surface area contributed by atoms with Gasteiger partial charge < -0.3 is 15.5 Å². The number of nitrogens with one attached hydrogen (secondary N) is 1. The molecule has 0 saturated carbocycles. The van der Waals surface area contributed by atoms with E-state index < -0.39 is 0 Å². The molecule has 1 amide bonds. The van der Waals surface area contributed by atoms with Gasteiger partial charge in [0.15, 0.2) is 11.7 Å². The number of benzene rings is 1. The van der Waals surface area contributed by atoms with Gasteiger partial charge in [-0.3, -0.25) is 4.79 Å². The summed E-state index contributed by atoms with van der Waals surface area (Å²) in [4.78, 5) is 16.3. The van der Waals surface area contributed by atoms with Gasteiger partial charge in [0.2, 0.25) is 5.91 Å². The molecule has 0 aliphatic heterocycles. The molecule has 24 heavy (non-hydrogen) atoms. The normalized spacial score (nSPS) is 12.4. The van der Waals surface area contributed by atoms with Crippen molar-refractivity contribution in [3.8, 4) is 11.3 Å². The summed E-state index contributed by atoms with van der Waals surface area (Å²) in [5, 5.41) is 3.57. The molecule has 0 saturated heterocycles. The van der Waals surface area contributed by atoms with Crippen LogP contribution in [0.4, 0.5) is 0 Å². The second-order valence-electron chi connectivity index (χ2n) is 6.23. The second kappa shape index (κ2) is 8.85. The van der Waals surface area contributed by atoms with Crippen molar-refractivity contribution in [3.05, 3.63) is 41.4 Å². The van der Waals surface area contributed by atoms with Crippen LogP contribution in [0, 0.1) is 5.92 Å². The van der Waals surface area contributed by atoms with E-state index in [1.165, 1.54) is 0 Å². The predicted octanol–water partition coefficient (Wildman–Crippen LogP) is 3.42. The van der Waals surface area contributed by atoms with E-state index in [0.29, 0.717) is 42.0 Å². The molecule has 2 rings (SSSR count). The van der Waals surface area contributed by atoms with Gasteiger partial charge in [0.05, 0.1) is 11.2 Å². The number of nitrogens with zero attached hydrogens (tertiary/aromatic N) is 1. The fourth-order valence-corrected chi connectivity index (χ4v) is 2.74. The Morgan fingerprint density at radius 3 is 2.79 bits per heavy atom. The SMILES string of the molecule is CC(C)CC(CN)NC(=O)CCc1ncc(-c2ccccc2Cl)o1. The third-order valence-corrected chi connectivity index (χ3v) is 3.99. The third-order valence-electron chi connectivity index (χ3n) is 3.66. The van der Waals surface area contributed by atoms with Crippen LogP contribution < -0.4 is 11.1 Å². The van der Waals surface area contributed by atoms with Crippen LogP contribution in [-0.2, 0) is 11.2 Å². The summed E-state index contributed by atoms with van der Waals surface area (Å²) < 4.78 is 5.70. The Morgan fingerprint density at radius 1 is 1.38 bits per heavy atom. The van der Waals surface area contributed by atoms with Gasteiger partial charge in [-0.25, -0.2) is 4.98 Å². The Hall–Kier alpha value is -1.85. The number of aryl methyl sites for hydroxylation is 1. The minimum Gasteiger partial charge on any atom is -0.441 e. The number of halogens is 1. The molecule has 1 aromatic carbocycles. The van der Waals surface area contributed by atoms with Gasteiger partial charge in [-0.1, -0.05) is 37.6 Å². The van der Waals surface area contributed by atoms with Crippen LogP contribution in [-0.4, -0.2) is 23.5 Å². The first-order chi connectivity index (χ1) is 11.5. The van der Waals surface area contributed by atoms with Crippen LogP contribution >= 0.6 is 11.6 Å². The largest absolute Gasteiger partial charge is 0.441 e. The van der Waals surface area contributed by atoms with Crippen molar-refractivity contribution in [2.75, 3.05) is 6.54 Å². The number of hydrogen-bond donors (Lipinski definition) is 2. The van der Waals surface area contributed by atoms with Gasteiger partial charge in [-0.05, 0) is 24.5 Å². The van der Waals surface area contributed by atoms with Gasteiger partial charge in [0, 0.05) is 31.0 Å². The third kappa shape index (κ3) is 5.35. The van der Waals surface area contributed by atoms with E-state index in [1.807, 2.05) is 18.2 Å². The predicted molar refractivity (Wildman–Crippen MR) is 95.7 cm³/mol. The zero-order valence-electron chi connectivity index (χ0n) is 14.1. The van der Waals surface area contributed by atoms with Crippen LogP contribution in [0.3, 0.4) is 0 Å². The molecule has 1 unspecified atom stereocenters. The number of amides is 1. The molecule has 0 radical (unpaired) electrons. The monoisotopic (exact) mass is 349 g/mol. The maximum Gasteiger partial charge on any atom is 0.220 e. The van der Waals surface area contributed by atoms with Crippen LogP contribution in [0.1, 0.15) is 32.6 Å². The summed E-state index contributed by atoms with van der Waals surface area (Å²) in [7, 11) is 0. The molecule has 3 N–H and O–H groups in total. The van der Waals surface area contributed by atoms with E-state index in [2.05, 4.69) is 24.1 Å². The van der Waals surface area contributed by atoms with Crippen LogP contribution in [0.25, 0.3) is 11.3 Å². The van der Waals surface area contributed by atoms with Crippen LogP contribution in [0.15, 0.2) is 34.9 Å². The first-order valence-electron chi connectivity index (χ1n) is 8.18. The Bertz CT molecular complexity index is 670. The highest BCUT2D eigenvalue weighted by molar-refractivity contribution is 6.33. The summed E-state index contributed by atoms with van der Waals surface area (Å²) in [6, 6.07) is 7.43. The standard InChI is InChI=1S/C18H24ClN3O2/c1-12(2)9-13(10-20)22-17(23)7-8-18-21-11-16(24-18)14-5-3-4-6-15(14)19/h3-6,11-13H,7-10,20H2,1-2H3,(H,22,23). The first kappa shape index (κ1) is 18.5. The highest BCUT2D eigenvalue weighted by Crippen LogP contribution is 2.28. The molecule has 6 heteroatoms. The molecule has 0 aliphatic carbocycles. The number of nitrogens with two attached hydrogens (primary N) is 1. The molecule has 130 valence electrons. The van der Waals surface area contributed by atoms with E-state index in [9.17, 15) is 4.79 Å². The minimum atomic E-state index is -0.0383. The van der Waals surface area contributed by atoms with Crippen molar-refractivity contribution in [2.45, 2.75) is 39.2 Å². The summed E-state index contributed by atoms with van der Waals surface area (Å²) in [5.41, 5.74) is 6.49. The molecule has 1 aromatic heterocycles. The van der Waals surface area contributed by atoms with Crippen molar-refractivity contribution in [2.24, 2.45) is 11.7 Å². The lowest BCUT2D eigenvalue weighted by atomic mass is 10.0.